The highest BCUT2D eigenvalue weighted by atomic mass is 16.8. The van der Waals surface area contributed by atoms with E-state index in [0.717, 1.165) is 90.4 Å². The zero-order valence-electron chi connectivity index (χ0n) is 49.8. The van der Waals surface area contributed by atoms with Gasteiger partial charge in [0.2, 0.25) is 11.8 Å². The Bertz CT molecular complexity index is 1800. The minimum absolute atomic E-state index is 0.214. The van der Waals surface area contributed by atoms with Crippen LogP contribution in [0.15, 0.2) is 24.3 Å². The number of rotatable bonds is 45. The Morgan fingerprint density at radius 2 is 1.16 bits per heavy atom. The molecular weight excluding hydrogens is 1080 g/mol. The molecule has 14 N–H and O–H groups in total. The van der Waals surface area contributed by atoms with E-state index < -0.39 is 148 Å². The van der Waals surface area contributed by atoms with E-state index in [4.69, 9.17) is 28.4 Å². The van der Waals surface area contributed by atoms with Crippen molar-refractivity contribution in [2.75, 3.05) is 26.4 Å². The van der Waals surface area contributed by atoms with Crippen LogP contribution in [0.25, 0.3) is 0 Å². The summed E-state index contributed by atoms with van der Waals surface area (Å²) in [5.41, 5.74) is 0. The zero-order chi connectivity index (χ0) is 61.2. The number of nitrogens with one attached hydrogen (secondary N) is 2. The second-order valence-corrected chi connectivity index (χ2v) is 22.9. The number of carboxylic acid groups (broad SMARTS) is 1. The van der Waals surface area contributed by atoms with Gasteiger partial charge in [-0.05, 0) is 44.9 Å². The van der Waals surface area contributed by atoms with Crippen LogP contribution in [0.4, 0.5) is 0 Å². The Morgan fingerprint density at radius 1 is 0.627 bits per heavy atom. The highest BCUT2D eigenvalue weighted by Crippen LogP contribution is 2.38. The Hall–Kier alpha value is -2.79. The van der Waals surface area contributed by atoms with Crippen molar-refractivity contribution in [2.24, 2.45) is 0 Å². The first kappa shape index (κ1) is 74.5. The van der Waals surface area contributed by atoms with Gasteiger partial charge in [0.15, 0.2) is 12.6 Å². The van der Waals surface area contributed by atoms with Gasteiger partial charge in [-0.2, -0.15) is 0 Å². The molecule has 83 heavy (non-hydrogen) atoms. The van der Waals surface area contributed by atoms with Crippen LogP contribution in [0.3, 0.4) is 0 Å². The van der Waals surface area contributed by atoms with Crippen LogP contribution < -0.4 is 10.6 Å². The van der Waals surface area contributed by atoms with Crippen molar-refractivity contribution >= 4 is 17.8 Å². The van der Waals surface area contributed by atoms with Gasteiger partial charge in [0.05, 0.1) is 50.7 Å². The Labute approximate surface area is 492 Å². The van der Waals surface area contributed by atoms with Gasteiger partial charge in [-0.1, -0.05) is 160 Å². The van der Waals surface area contributed by atoms with E-state index in [2.05, 4.69) is 48.8 Å². The molecule has 18 atom stereocenters. The van der Waals surface area contributed by atoms with Crippen LogP contribution in [0, 0.1) is 0 Å². The van der Waals surface area contributed by atoms with Crippen LogP contribution >= 0.6 is 0 Å². The molecule has 0 radical (unpaired) electrons. The van der Waals surface area contributed by atoms with Gasteiger partial charge in [-0.3, -0.25) is 9.59 Å². The minimum Gasteiger partial charge on any atom is -0.477 e. The first-order chi connectivity index (χ1) is 39.9. The van der Waals surface area contributed by atoms with Crippen LogP contribution in [0.2, 0.25) is 0 Å². The monoisotopic (exact) mass is 1190 g/mol. The molecule has 3 aliphatic rings. The summed E-state index contributed by atoms with van der Waals surface area (Å²) in [5.74, 6) is -6.11. The second kappa shape index (κ2) is 42.2. The predicted octanol–water partition coefficient (Wildman–Crippen LogP) is 3.33. The van der Waals surface area contributed by atoms with Gasteiger partial charge in [-0.25, -0.2) is 4.79 Å². The topological polar surface area (TPSA) is 373 Å². The average molecular weight is 1190 g/mol. The Balaban J connectivity index is 1.65. The number of hydrogen-bond donors (Lipinski definition) is 14. The summed E-state index contributed by atoms with van der Waals surface area (Å²) in [6.45, 7) is 2.13. The second-order valence-electron chi connectivity index (χ2n) is 22.9. The highest BCUT2D eigenvalue weighted by molar-refractivity contribution is 5.77. The largest absolute Gasteiger partial charge is 0.477 e. The van der Waals surface area contributed by atoms with Gasteiger partial charge >= 0.3 is 5.97 Å². The van der Waals surface area contributed by atoms with E-state index in [1.165, 1.54) is 64.2 Å². The molecule has 2 amide bonds. The van der Waals surface area contributed by atoms with E-state index in [1.807, 2.05) is 0 Å². The van der Waals surface area contributed by atoms with Gasteiger partial charge in [-0.15, -0.1) is 0 Å². The van der Waals surface area contributed by atoms with Crippen LogP contribution in [-0.2, 0) is 42.8 Å². The molecule has 0 bridgehead atoms. The molecule has 0 spiro atoms. The maximum absolute atomic E-state index is 13.4. The molecule has 3 heterocycles. The van der Waals surface area contributed by atoms with E-state index in [-0.39, 0.29) is 18.9 Å². The maximum Gasteiger partial charge on any atom is 0.364 e. The zero-order valence-corrected chi connectivity index (χ0v) is 49.8. The summed E-state index contributed by atoms with van der Waals surface area (Å²) in [7, 11) is 0. The standard InChI is InChI=1S/C60H108N2O21/c1-4-6-8-10-12-14-16-18-19-20-21-22-24-26-28-30-32-34-47(70)62-41(42(67)33-31-29-27-25-23-17-15-13-11-9-7-5-2)39-78-57-52(74)51(73)54(46(38-65)80-57)81-58-53(75)56(50(72)45(37-64)79-58)83-60(59(76)77)35-43(68)48(61-40(3)66)55(82-60)49(71)44(69)36-63/h12,14,18-19,41-46,48-58,63-65,67-69,71-75H,4-11,13,15-17,20-39H2,1-3H3,(H,61,66)(H,62,70)(H,76,77)/b14-12-,19-18-. The number of carboxylic acids is 1. The third kappa shape index (κ3) is 26.2. The van der Waals surface area contributed by atoms with E-state index in [0.29, 0.717) is 19.3 Å². The molecule has 0 aliphatic carbocycles. The van der Waals surface area contributed by atoms with Crippen molar-refractivity contribution in [3.8, 4) is 0 Å². The molecule has 0 saturated carbocycles. The lowest BCUT2D eigenvalue weighted by Crippen LogP contribution is -2.70. The molecular formula is C60H108N2O21. The fraction of sp³-hybridized carbons (Fsp3) is 0.883. The fourth-order valence-corrected chi connectivity index (χ4v) is 10.9. The predicted molar refractivity (Wildman–Crippen MR) is 306 cm³/mol. The summed E-state index contributed by atoms with van der Waals surface area (Å²) in [6, 6.07) is -2.53. The number of carbonyl (C=O) groups is 3. The number of unbranched alkanes of at least 4 members (excludes halogenated alkanes) is 21. The number of hydrogen-bond acceptors (Lipinski definition) is 20. The lowest BCUT2D eigenvalue weighted by molar-refractivity contribution is -0.386. The molecule has 0 aromatic rings. The first-order valence-corrected chi connectivity index (χ1v) is 31.2. The molecule has 3 saturated heterocycles. The first-order valence-electron chi connectivity index (χ1n) is 31.2. The van der Waals surface area contributed by atoms with Crippen LogP contribution in [-0.4, -0.2) is 215 Å². The SMILES string of the molecule is CCCCC/C=C\C/C=C\CCCCCCCCCC(=O)NC(COC1OC(CO)C(OC2OC(CO)C(O)C(OC3(C(=O)O)CC(O)C(NC(C)=O)C(C(O)C(O)CO)O3)C2O)C(O)C1O)C(O)CCCCCCCCCCCCCC. The highest BCUT2D eigenvalue weighted by Gasteiger charge is 2.60. The smallest absolute Gasteiger partial charge is 0.364 e. The molecule has 23 nitrogen and oxygen atoms in total. The van der Waals surface area contributed by atoms with E-state index >= 15 is 0 Å². The number of amides is 2. The average Bonchev–Trinajstić information content (AvgIpc) is 3.62. The van der Waals surface area contributed by atoms with Crippen molar-refractivity contribution in [1.82, 2.24) is 10.6 Å². The molecule has 484 valence electrons. The normalized spacial score (nSPS) is 30.1. The molecule has 23 heteroatoms. The molecule has 0 aromatic heterocycles. The summed E-state index contributed by atoms with van der Waals surface area (Å²) >= 11 is 0. The third-order valence-electron chi connectivity index (χ3n) is 15.9. The number of ether oxygens (including phenoxy) is 6. The van der Waals surface area contributed by atoms with Gasteiger partial charge in [0, 0.05) is 19.8 Å². The molecule has 3 rings (SSSR count). The van der Waals surface area contributed by atoms with Crippen molar-refractivity contribution in [3.63, 3.8) is 0 Å². The number of aliphatic carboxylic acids is 1. The minimum atomic E-state index is -3.08. The number of aliphatic hydroxyl groups is 11. The molecule has 0 aromatic carbocycles. The van der Waals surface area contributed by atoms with Gasteiger partial charge in [0.25, 0.3) is 5.79 Å². The lowest BCUT2D eigenvalue weighted by atomic mass is 9.88. The third-order valence-corrected chi connectivity index (χ3v) is 15.9. The maximum atomic E-state index is 13.4. The summed E-state index contributed by atoms with van der Waals surface area (Å²) in [4.78, 5) is 38.4. The number of aliphatic hydroxyl groups excluding tert-OH is 11. The van der Waals surface area contributed by atoms with Crippen molar-refractivity contribution in [1.29, 1.82) is 0 Å². The Morgan fingerprint density at radius 3 is 1.71 bits per heavy atom. The Kier molecular flexibility index (Phi) is 37.8. The van der Waals surface area contributed by atoms with Crippen molar-refractivity contribution in [2.45, 2.75) is 310 Å². The number of allylic oxidation sites excluding steroid dienone is 4. The van der Waals surface area contributed by atoms with Crippen molar-refractivity contribution < 1.29 is 104 Å². The number of carbonyl (C=O) groups excluding carboxylic acids is 2. The van der Waals surface area contributed by atoms with Crippen LogP contribution in [0.1, 0.15) is 201 Å². The molecule has 18 unspecified atom stereocenters. The summed E-state index contributed by atoms with van der Waals surface area (Å²) < 4.78 is 34.7. The summed E-state index contributed by atoms with van der Waals surface area (Å²) in [5, 5.41) is 136. The fourth-order valence-electron chi connectivity index (χ4n) is 10.9. The van der Waals surface area contributed by atoms with Gasteiger partial charge in [0.1, 0.15) is 67.1 Å². The molecule has 3 aliphatic heterocycles. The van der Waals surface area contributed by atoms with E-state index in [1.54, 1.807) is 0 Å². The van der Waals surface area contributed by atoms with Gasteiger partial charge < -0.3 is 100 Å². The van der Waals surface area contributed by atoms with Crippen molar-refractivity contribution in [3.05, 3.63) is 24.3 Å². The molecule has 3 fully saturated rings. The van der Waals surface area contributed by atoms with E-state index in [9.17, 15) is 75.7 Å². The lowest BCUT2D eigenvalue weighted by Gasteiger charge is -2.50. The van der Waals surface area contributed by atoms with Crippen LogP contribution in [0.5, 0.6) is 0 Å². The quantitative estimate of drug-likeness (QED) is 0.0307. The summed E-state index contributed by atoms with van der Waals surface area (Å²) in [6.07, 6.45) is 7.71.